The largest absolute Gasteiger partial charge is 0.497 e. The number of methoxy groups -OCH3 is 1. The van der Waals surface area contributed by atoms with Gasteiger partial charge < -0.3 is 39.7 Å². The Bertz CT molecular complexity index is 503. The van der Waals surface area contributed by atoms with Crippen LogP contribution >= 0.6 is 0 Å². The normalized spacial score (nSPS) is 33.0. The average Bonchev–Trinajstić information content (AvgIpc) is 2.59. The van der Waals surface area contributed by atoms with Gasteiger partial charge in [-0.15, -0.1) is 0 Å². The number of aliphatic hydroxyl groups excluding tert-OH is 5. The van der Waals surface area contributed by atoms with Crippen molar-refractivity contribution in [2.75, 3.05) is 13.7 Å². The molecule has 1 aliphatic rings. The molecule has 136 valence electrons. The Morgan fingerprint density at radius 3 is 2.21 bits per heavy atom. The fraction of sp³-hybridized carbons (Fsp3) is 0.625. The lowest BCUT2D eigenvalue weighted by molar-refractivity contribution is -0.317. The van der Waals surface area contributed by atoms with Crippen molar-refractivity contribution >= 4 is 0 Å². The molecule has 0 aliphatic carbocycles. The first-order chi connectivity index (χ1) is 11.4. The summed E-state index contributed by atoms with van der Waals surface area (Å²) in [6.07, 6.45) is -8.70. The second-order valence-corrected chi connectivity index (χ2v) is 5.77. The minimum atomic E-state index is -1.54. The molecule has 1 saturated heterocycles. The van der Waals surface area contributed by atoms with Crippen molar-refractivity contribution < 1.29 is 39.7 Å². The molecule has 0 bridgehead atoms. The maximum absolute atomic E-state index is 10.0. The van der Waals surface area contributed by atoms with E-state index in [9.17, 15) is 25.5 Å². The van der Waals surface area contributed by atoms with E-state index in [1.54, 1.807) is 24.3 Å². The first kappa shape index (κ1) is 19.1. The summed E-state index contributed by atoms with van der Waals surface area (Å²) in [6.45, 7) is 0.964. The van der Waals surface area contributed by atoms with Crippen LogP contribution in [0.5, 0.6) is 5.75 Å². The summed E-state index contributed by atoms with van der Waals surface area (Å²) in [4.78, 5) is 0. The van der Waals surface area contributed by atoms with Crippen LogP contribution in [-0.4, -0.2) is 76.1 Å². The van der Waals surface area contributed by atoms with Crippen LogP contribution in [0, 0.1) is 0 Å². The van der Waals surface area contributed by atoms with Gasteiger partial charge in [-0.1, -0.05) is 12.1 Å². The Morgan fingerprint density at radius 2 is 1.71 bits per heavy atom. The van der Waals surface area contributed by atoms with Crippen LogP contribution in [0.4, 0.5) is 0 Å². The van der Waals surface area contributed by atoms with Crippen LogP contribution in [0.25, 0.3) is 0 Å². The Balaban J connectivity index is 2.17. The summed E-state index contributed by atoms with van der Waals surface area (Å²) in [5.74, 6) is 0.635. The zero-order valence-corrected chi connectivity index (χ0v) is 13.5. The van der Waals surface area contributed by atoms with Gasteiger partial charge in [0.1, 0.15) is 36.3 Å². The summed E-state index contributed by atoms with van der Waals surface area (Å²) in [6, 6.07) is 6.78. The van der Waals surface area contributed by atoms with Crippen molar-refractivity contribution in [3.05, 3.63) is 29.8 Å². The Morgan fingerprint density at radius 1 is 1.08 bits per heavy atom. The van der Waals surface area contributed by atoms with E-state index in [2.05, 4.69) is 0 Å². The molecule has 0 aromatic heterocycles. The molecule has 1 aromatic rings. The smallest absolute Gasteiger partial charge is 0.187 e. The second kappa shape index (κ2) is 8.21. The monoisotopic (exact) mass is 344 g/mol. The summed E-state index contributed by atoms with van der Waals surface area (Å²) < 4.78 is 16.0. The zero-order chi connectivity index (χ0) is 17.9. The predicted molar refractivity (Wildman–Crippen MR) is 82.3 cm³/mol. The fourth-order valence-corrected chi connectivity index (χ4v) is 2.59. The van der Waals surface area contributed by atoms with E-state index in [4.69, 9.17) is 14.2 Å². The lowest BCUT2D eigenvalue weighted by Crippen LogP contribution is -2.59. The van der Waals surface area contributed by atoms with E-state index in [-0.39, 0.29) is 0 Å². The van der Waals surface area contributed by atoms with Crippen LogP contribution in [0.2, 0.25) is 0 Å². The molecule has 1 aromatic carbocycles. The summed E-state index contributed by atoms with van der Waals surface area (Å²) in [5.41, 5.74) is 0.614. The van der Waals surface area contributed by atoms with Gasteiger partial charge in [-0.05, 0) is 24.6 Å². The molecule has 0 spiro atoms. The van der Waals surface area contributed by atoms with Crippen molar-refractivity contribution in [1.82, 2.24) is 0 Å². The zero-order valence-electron chi connectivity index (χ0n) is 13.5. The van der Waals surface area contributed by atoms with Gasteiger partial charge in [0, 0.05) is 0 Å². The Labute approximate surface area is 139 Å². The van der Waals surface area contributed by atoms with Crippen LogP contribution < -0.4 is 4.74 Å². The number of hydrogen-bond donors (Lipinski definition) is 5. The van der Waals surface area contributed by atoms with Gasteiger partial charge in [0.25, 0.3) is 0 Å². The van der Waals surface area contributed by atoms with Gasteiger partial charge in [0.2, 0.25) is 0 Å². The average molecular weight is 344 g/mol. The number of rotatable bonds is 6. The molecular weight excluding hydrogens is 320 g/mol. The van der Waals surface area contributed by atoms with E-state index in [1.807, 2.05) is 0 Å². The molecule has 2 rings (SSSR count). The van der Waals surface area contributed by atoms with E-state index in [0.717, 1.165) is 0 Å². The van der Waals surface area contributed by atoms with Crippen LogP contribution in [0.15, 0.2) is 24.3 Å². The standard InChI is InChI=1S/C16H24O8/c1-8(18)15(9-3-5-10(22-2)6-4-9)24-16-14(21)13(20)12(19)11(7-17)23-16/h3-6,8,11-21H,7H2,1-2H3/t8-,11-,12-,13+,14-,15-,16+/m1/s1. The van der Waals surface area contributed by atoms with E-state index < -0.39 is 49.5 Å². The number of hydrogen-bond acceptors (Lipinski definition) is 8. The van der Waals surface area contributed by atoms with Crippen LogP contribution in [0.1, 0.15) is 18.6 Å². The molecule has 0 amide bonds. The van der Waals surface area contributed by atoms with Gasteiger partial charge >= 0.3 is 0 Å². The maximum Gasteiger partial charge on any atom is 0.187 e. The Kier molecular flexibility index (Phi) is 6.53. The number of aliphatic hydroxyl groups is 5. The summed E-state index contributed by atoms with van der Waals surface area (Å²) >= 11 is 0. The third-order valence-electron chi connectivity index (χ3n) is 4.01. The molecular formula is C16H24O8. The quantitative estimate of drug-likeness (QED) is 0.441. The van der Waals surface area contributed by atoms with Crippen molar-refractivity contribution in [3.63, 3.8) is 0 Å². The molecule has 0 unspecified atom stereocenters. The fourth-order valence-electron chi connectivity index (χ4n) is 2.59. The third kappa shape index (κ3) is 4.04. The number of ether oxygens (including phenoxy) is 3. The molecule has 0 saturated carbocycles. The molecule has 24 heavy (non-hydrogen) atoms. The highest BCUT2D eigenvalue weighted by molar-refractivity contribution is 5.29. The SMILES string of the molecule is COc1ccc([C@H](O[C@@H]2O[C@H](CO)[C@@H](O)[C@H](O)[C@H]2O)[C@@H](C)O)cc1. The van der Waals surface area contributed by atoms with Crippen molar-refractivity contribution in [2.45, 2.75) is 49.8 Å². The van der Waals surface area contributed by atoms with Crippen LogP contribution in [0.3, 0.4) is 0 Å². The van der Waals surface area contributed by atoms with E-state index in [0.29, 0.717) is 11.3 Å². The highest BCUT2D eigenvalue weighted by atomic mass is 16.7. The van der Waals surface area contributed by atoms with Crippen LogP contribution in [-0.2, 0) is 9.47 Å². The minimum absolute atomic E-state index is 0.549. The lowest BCUT2D eigenvalue weighted by atomic mass is 9.99. The van der Waals surface area contributed by atoms with Gasteiger partial charge in [0.15, 0.2) is 6.29 Å². The molecule has 1 heterocycles. The van der Waals surface area contributed by atoms with Gasteiger partial charge in [0.05, 0.1) is 19.8 Å². The summed E-state index contributed by atoms with van der Waals surface area (Å²) in [5, 5.41) is 48.8. The van der Waals surface area contributed by atoms with Crippen molar-refractivity contribution in [3.8, 4) is 5.75 Å². The maximum atomic E-state index is 10.0. The molecule has 1 fully saturated rings. The first-order valence-electron chi connectivity index (χ1n) is 7.67. The van der Waals surface area contributed by atoms with Gasteiger partial charge in [-0.2, -0.15) is 0 Å². The molecule has 8 nitrogen and oxygen atoms in total. The Hall–Kier alpha value is -1.26. The van der Waals surface area contributed by atoms with Gasteiger partial charge in [-0.3, -0.25) is 0 Å². The number of benzene rings is 1. The molecule has 0 radical (unpaired) electrons. The second-order valence-electron chi connectivity index (χ2n) is 5.77. The van der Waals surface area contributed by atoms with E-state index in [1.165, 1.54) is 14.0 Å². The first-order valence-corrected chi connectivity index (χ1v) is 7.67. The van der Waals surface area contributed by atoms with Gasteiger partial charge in [-0.25, -0.2) is 0 Å². The molecule has 8 heteroatoms. The molecule has 1 aliphatic heterocycles. The highest BCUT2D eigenvalue weighted by Crippen LogP contribution is 2.30. The molecule has 7 atom stereocenters. The topological polar surface area (TPSA) is 129 Å². The molecule has 5 N–H and O–H groups in total. The lowest BCUT2D eigenvalue weighted by Gasteiger charge is -2.41. The van der Waals surface area contributed by atoms with Crippen molar-refractivity contribution in [1.29, 1.82) is 0 Å². The summed E-state index contributed by atoms with van der Waals surface area (Å²) in [7, 11) is 1.53. The third-order valence-corrected chi connectivity index (χ3v) is 4.01. The predicted octanol–water partition coefficient (Wildman–Crippen LogP) is -1.07. The van der Waals surface area contributed by atoms with E-state index >= 15 is 0 Å². The highest BCUT2D eigenvalue weighted by Gasteiger charge is 2.45. The minimum Gasteiger partial charge on any atom is -0.497 e. The van der Waals surface area contributed by atoms with Crippen molar-refractivity contribution in [2.24, 2.45) is 0 Å².